The number of nitrogens with zero attached hydrogens (tertiary/aromatic N) is 4. The van der Waals surface area contributed by atoms with E-state index in [0.29, 0.717) is 17.1 Å². The van der Waals surface area contributed by atoms with Gasteiger partial charge in [-0.2, -0.15) is 5.10 Å². The minimum absolute atomic E-state index is 0.435. The Morgan fingerprint density at radius 1 is 1.23 bits per heavy atom. The first-order valence-corrected chi connectivity index (χ1v) is 8.15. The van der Waals surface area contributed by atoms with E-state index in [-0.39, 0.29) is 0 Å². The third kappa shape index (κ3) is 3.02. The second-order valence-corrected chi connectivity index (χ2v) is 6.29. The molecule has 0 saturated carbocycles. The van der Waals surface area contributed by atoms with E-state index in [1.54, 1.807) is 12.5 Å². The van der Waals surface area contributed by atoms with Crippen molar-refractivity contribution >= 4 is 17.4 Å². The normalized spacial score (nSPS) is 22.9. The third-order valence-corrected chi connectivity index (χ3v) is 4.55. The van der Waals surface area contributed by atoms with E-state index in [1.165, 1.54) is 19.3 Å². The fourth-order valence-electron chi connectivity index (χ4n) is 2.99. The molecule has 3 rings (SSSR count). The lowest BCUT2D eigenvalue weighted by atomic mass is 10.00. The molecule has 1 aromatic heterocycles. The number of aromatic nitrogens is 2. The van der Waals surface area contributed by atoms with Gasteiger partial charge in [-0.05, 0) is 45.2 Å². The highest BCUT2D eigenvalue weighted by Gasteiger charge is 2.24. The summed E-state index contributed by atoms with van der Waals surface area (Å²) in [5.74, 6) is 0.823. The quantitative estimate of drug-likeness (QED) is 0.619. The van der Waals surface area contributed by atoms with Crippen LogP contribution < -0.4 is 0 Å². The van der Waals surface area contributed by atoms with Crippen LogP contribution in [0.4, 0.5) is 0 Å². The molecule has 1 aliphatic rings. The first kappa shape index (κ1) is 15.1. The predicted molar refractivity (Wildman–Crippen MR) is 90.2 cm³/mol. The van der Waals surface area contributed by atoms with E-state index in [4.69, 9.17) is 16.7 Å². The first-order chi connectivity index (χ1) is 10.7. The van der Waals surface area contributed by atoms with Crippen LogP contribution in [0.3, 0.4) is 0 Å². The Labute approximate surface area is 136 Å². The van der Waals surface area contributed by atoms with Crippen molar-refractivity contribution in [2.24, 2.45) is 5.10 Å². The Morgan fingerprint density at radius 3 is 2.59 bits per heavy atom. The van der Waals surface area contributed by atoms with E-state index in [9.17, 15) is 0 Å². The van der Waals surface area contributed by atoms with Gasteiger partial charge in [-0.25, -0.2) is 4.98 Å². The first-order valence-electron chi connectivity index (χ1n) is 7.77. The van der Waals surface area contributed by atoms with Crippen molar-refractivity contribution in [3.8, 4) is 0 Å². The van der Waals surface area contributed by atoms with Crippen molar-refractivity contribution in [3.05, 3.63) is 53.6 Å². The zero-order valence-corrected chi connectivity index (χ0v) is 13.7. The summed E-state index contributed by atoms with van der Waals surface area (Å²) in [6.45, 7) is 4.47. The predicted octanol–water partition coefficient (Wildman–Crippen LogP) is 4.01. The molecule has 22 heavy (non-hydrogen) atoms. The van der Waals surface area contributed by atoms with Crippen LogP contribution in [-0.2, 0) is 0 Å². The van der Waals surface area contributed by atoms with Crippen molar-refractivity contribution in [3.63, 3.8) is 0 Å². The molecule has 0 bridgehead atoms. The zero-order chi connectivity index (χ0) is 15.5. The average Bonchev–Trinajstić information content (AvgIpc) is 3.02. The molecule has 0 spiro atoms. The largest absolute Gasteiger partial charge is 0.289 e. The van der Waals surface area contributed by atoms with Crippen molar-refractivity contribution in [1.29, 1.82) is 0 Å². The summed E-state index contributed by atoms with van der Waals surface area (Å²) in [7, 11) is 0. The Hall–Kier alpha value is -1.81. The summed E-state index contributed by atoms with van der Waals surface area (Å²) < 4.78 is 1.93. The zero-order valence-electron chi connectivity index (χ0n) is 13.0. The van der Waals surface area contributed by atoms with Gasteiger partial charge in [0.15, 0.2) is 5.84 Å². The number of rotatable bonds is 2. The van der Waals surface area contributed by atoms with Gasteiger partial charge in [-0.15, -0.1) is 0 Å². The van der Waals surface area contributed by atoms with Gasteiger partial charge >= 0.3 is 0 Å². The Kier molecular flexibility index (Phi) is 4.48. The van der Waals surface area contributed by atoms with Crippen LogP contribution in [-0.4, -0.2) is 32.5 Å². The van der Waals surface area contributed by atoms with Gasteiger partial charge in [0.05, 0.1) is 5.02 Å². The lowest BCUT2D eigenvalue weighted by molar-refractivity contribution is 0.108. The number of hydrogen-bond acceptors (Lipinski definition) is 3. The second kappa shape index (κ2) is 6.53. The van der Waals surface area contributed by atoms with Gasteiger partial charge in [0.25, 0.3) is 0 Å². The molecule has 2 unspecified atom stereocenters. The number of hydrazone groups is 1. The molecule has 5 heteroatoms. The van der Waals surface area contributed by atoms with Gasteiger partial charge in [-0.3, -0.25) is 9.58 Å². The van der Waals surface area contributed by atoms with Crippen LogP contribution in [0.2, 0.25) is 5.02 Å². The molecule has 4 nitrogen and oxygen atoms in total. The molecule has 1 saturated heterocycles. The molecule has 1 aromatic carbocycles. The van der Waals surface area contributed by atoms with Crippen LogP contribution in [0.15, 0.2) is 48.1 Å². The van der Waals surface area contributed by atoms with Gasteiger partial charge in [-0.1, -0.05) is 23.7 Å². The molecule has 0 N–H and O–H groups in total. The van der Waals surface area contributed by atoms with Crippen LogP contribution in [0, 0.1) is 0 Å². The van der Waals surface area contributed by atoms with Gasteiger partial charge < -0.3 is 0 Å². The molecule has 0 aliphatic carbocycles. The summed E-state index contributed by atoms with van der Waals surface area (Å²) in [5, 5.41) is 7.87. The molecular formula is C17H21ClN4. The topological polar surface area (TPSA) is 33.4 Å². The summed E-state index contributed by atoms with van der Waals surface area (Å²) >= 11 is 6.39. The van der Waals surface area contributed by atoms with Crippen molar-refractivity contribution in [2.45, 2.75) is 45.2 Å². The number of halogens is 1. The maximum Gasteiger partial charge on any atom is 0.166 e. The number of imidazole rings is 1. The lowest BCUT2D eigenvalue weighted by Gasteiger charge is -2.37. The Balaban J connectivity index is 2.06. The number of hydrogen-bond donors (Lipinski definition) is 0. The van der Waals surface area contributed by atoms with Crippen molar-refractivity contribution in [1.82, 2.24) is 14.6 Å². The van der Waals surface area contributed by atoms with Crippen molar-refractivity contribution in [2.75, 3.05) is 0 Å². The molecule has 2 atom stereocenters. The third-order valence-electron chi connectivity index (χ3n) is 4.22. The molecular weight excluding hydrogens is 296 g/mol. The van der Waals surface area contributed by atoms with Crippen molar-refractivity contribution < 1.29 is 0 Å². The molecule has 2 heterocycles. The minimum atomic E-state index is 0.435. The SMILES string of the molecule is CC1CCCC(C)N1N=C(c1ccccc1Cl)n1ccnc1. The summed E-state index contributed by atoms with van der Waals surface area (Å²) in [6, 6.07) is 8.68. The summed E-state index contributed by atoms with van der Waals surface area (Å²) in [4.78, 5) is 4.15. The smallest absolute Gasteiger partial charge is 0.166 e. The minimum Gasteiger partial charge on any atom is -0.289 e. The van der Waals surface area contributed by atoms with Crippen LogP contribution in [0.25, 0.3) is 0 Å². The van der Waals surface area contributed by atoms with Crippen LogP contribution >= 0.6 is 11.6 Å². The monoisotopic (exact) mass is 316 g/mol. The number of piperidine rings is 1. The molecule has 1 fully saturated rings. The second-order valence-electron chi connectivity index (χ2n) is 5.88. The molecule has 0 radical (unpaired) electrons. The fourth-order valence-corrected chi connectivity index (χ4v) is 3.21. The highest BCUT2D eigenvalue weighted by atomic mass is 35.5. The fraction of sp³-hybridized carbons (Fsp3) is 0.412. The number of benzene rings is 1. The standard InChI is InChI=1S/C17H21ClN4/c1-13-6-5-7-14(2)22(13)20-17(21-11-10-19-12-21)15-8-3-4-9-16(15)18/h3-4,8-14H,5-7H2,1-2H3. The van der Waals surface area contributed by atoms with Crippen LogP contribution in [0.1, 0.15) is 38.7 Å². The van der Waals surface area contributed by atoms with E-state index in [0.717, 1.165) is 11.4 Å². The molecule has 116 valence electrons. The Morgan fingerprint density at radius 2 is 1.95 bits per heavy atom. The highest BCUT2D eigenvalue weighted by Crippen LogP contribution is 2.24. The van der Waals surface area contributed by atoms with E-state index in [1.807, 2.05) is 35.0 Å². The van der Waals surface area contributed by atoms with Crippen LogP contribution in [0.5, 0.6) is 0 Å². The maximum atomic E-state index is 6.39. The lowest BCUT2D eigenvalue weighted by Crippen LogP contribution is -2.41. The molecule has 0 amide bonds. The average molecular weight is 317 g/mol. The summed E-state index contributed by atoms with van der Waals surface area (Å²) in [6.07, 6.45) is 9.04. The van der Waals surface area contributed by atoms with E-state index >= 15 is 0 Å². The molecule has 2 aromatic rings. The summed E-state index contributed by atoms with van der Waals surface area (Å²) in [5.41, 5.74) is 0.923. The van der Waals surface area contributed by atoms with Gasteiger partial charge in [0.1, 0.15) is 6.33 Å². The highest BCUT2D eigenvalue weighted by molar-refractivity contribution is 6.34. The molecule has 1 aliphatic heterocycles. The van der Waals surface area contributed by atoms with E-state index in [2.05, 4.69) is 23.8 Å². The Bertz CT molecular complexity index is 640. The van der Waals surface area contributed by atoms with Gasteiger partial charge in [0, 0.05) is 30.0 Å². The van der Waals surface area contributed by atoms with Gasteiger partial charge in [0.2, 0.25) is 0 Å². The maximum absolute atomic E-state index is 6.39. The van der Waals surface area contributed by atoms with E-state index < -0.39 is 0 Å².